The van der Waals surface area contributed by atoms with E-state index in [9.17, 15) is 9.59 Å². The minimum absolute atomic E-state index is 0.0527. The van der Waals surface area contributed by atoms with Crippen molar-refractivity contribution in [3.8, 4) is 0 Å². The van der Waals surface area contributed by atoms with E-state index in [1.54, 1.807) is 0 Å². The smallest absolute Gasteiger partial charge is 0.233 e. The molecule has 1 aliphatic heterocycles. The topological polar surface area (TPSA) is 37.4 Å². The lowest BCUT2D eigenvalue weighted by molar-refractivity contribution is -0.140. The van der Waals surface area contributed by atoms with Gasteiger partial charge in [0.2, 0.25) is 11.8 Å². The summed E-state index contributed by atoms with van der Waals surface area (Å²) in [6, 6.07) is 7.91. The molecular formula is C14H17NO2. The van der Waals surface area contributed by atoms with Gasteiger partial charge in [-0.2, -0.15) is 0 Å². The molecule has 3 nitrogen and oxygen atoms in total. The van der Waals surface area contributed by atoms with Crippen LogP contribution in [0, 0.1) is 18.8 Å². The molecule has 0 radical (unpaired) electrons. The van der Waals surface area contributed by atoms with Crippen LogP contribution in [-0.4, -0.2) is 16.7 Å². The summed E-state index contributed by atoms with van der Waals surface area (Å²) in [5, 5.41) is 0. The van der Waals surface area contributed by atoms with Gasteiger partial charge in [-0.05, 0) is 12.5 Å². The van der Waals surface area contributed by atoms with E-state index in [4.69, 9.17) is 0 Å². The standard InChI is InChI=1S/C14H17NO2/c1-9-4-6-12(7-5-9)8-15-13(16)10(2)11(3)14(15)17/h4-7,10-11H,8H2,1-3H3. The highest BCUT2D eigenvalue weighted by atomic mass is 16.2. The largest absolute Gasteiger partial charge is 0.278 e. The predicted molar refractivity (Wildman–Crippen MR) is 65.1 cm³/mol. The van der Waals surface area contributed by atoms with Crippen molar-refractivity contribution in [2.24, 2.45) is 11.8 Å². The summed E-state index contributed by atoms with van der Waals surface area (Å²) in [6.07, 6.45) is 0. The number of amides is 2. The molecule has 1 heterocycles. The van der Waals surface area contributed by atoms with Gasteiger partial charge in [0.15, 0.2) is 0 Å². The number of rotatable bonds is 2. The first-order valence-corrected chi connectivity index (χ1v) is 5.91. The number of carbonyl (C=O) groups is 2. The maximum Gasteiger partial charge on any atom is 0.233 e. The lowest BCUT2D eigenvalue weighted by Crippen LogP contribution is -2.30. The summed E-state index contributed by atoms with van der Waals surface area (Å²) in [5.41, 5.74) is 2.17. The lowest BCUT2D eigenvalue weighted by atomic mass is 10.00. The predicted octanol–water partition coefficient (Wildman–Crippen LogP) is 2.14. The molecule has 1 aliphatic rings. The number of aryl methyl sites for hydroxylation is 1. The molecule has 2 unspecified atom stereocenters. The van der Waals surface area contributed by atoms with Gasteiger partial charge in [-0.3, -0.25) is 14.5 Å². The number of nitrogens with zero attached hydrogens (tertiary/aromatic N) is 1. The minimum Gasteiger partial charge on any atom is -0.278 e. The number of carbonyl (C=O) groups excluding carboxylic acids is 2. The molecule has 0 N–H and O–H groups in total. The maximum atomic E-state index is 11.9. The van der Waals surface area contributed by atoms with Gasteiger partial charge < -0.3 is 0 Å². The fourth-order valence-electron chi connectivity index (χ4n) is 2.06. The van der Waals surface area contributed by atoms with Crippen molar-refractivity contribution in [2.75, 3.05) is 0 Å². The number of imide groups is 1. The minimum atomic E-state index is -0.187. The molecule has 17 heavy (non-hydrogen) atoms. The molecule has 1 saturated heterocycles. The van der Waals surface area contributed by atoms with Gasteiger partial charge in [0.25, 0.3) is 0 Å². The Morgan fingerprint density at radius 2 is 1.47 bits per heavy atom. The Morgan fingerprint density at radius 3 is 1.94 bits per heavy atom. The van der Waals surface area contributed by atoms with E-state index in [0.29, 0.717) is 6.54 Å². The molecule has 0 spiro atoms. The van der Waals surface area contributed by atoms with Crippen molar-refractivity contribution in [2.45, 2.75) is 27.3 Å². The average molecular weight is 231 g/mol. The van der Waals surface area contributed by atoms with Gasteiger partial charge in [0, 0.05) is 11.8 Å². The summed E-state index contributed by atoms with van der Waals surface area (Å²) in [5.74, 6) is -0.480. The average Bonchev–Trinajstić information content (AvgIpc) is 2.50. The summed E-state index contributed by atoms with van der Waals surface area (Å²) >= 11 is 0. The first-order valence-electron chi connectivity index (χ1n) is 5.91. The highest BCUT2D eigenvalue weighted by Crippen LogP contribution is 2.26. The third kappa shape index (κ3) is 2.09. The third-order valence-electron chi connectivity index (χ3n) is 3.52. The van der Waals surface area contributed by atoms with Crippen LogP contribution in [0.2, 0.25) is 0 Å². The molecule has 2 atom stereocenters. The Labute approximate surface area is 101 Å². The van der Waals surface area contributed by atoms with Crippen molar-refractivity contribution in [3.63, 3.8) is 0 Å². The zero-order chi connectivity index (χ0) is 12.6. The Morgan fingerprint density at radius 1 is 1.00 bits per heavy atom. The highest BCUT2D eigenvalue weighted by molar-refractivity contribution is 6.04. The van der Waals surface area contributed by atoms with Crippen molar-refractivity contribution in [1.82, 2.24) is 4.90 Å². The monoisotopic (exact) mass is 231 g/mol. The highest BCUT2D eigenvalue weighted by Gasteiger charge is 2.41. The zero-order valence-electron chi connectivity index (χ0n) is 10.4. The summed E-state index contributed by atoms with van der Waals surface area (Å²) in [7, 11) is 0. The van der Waals surface area contributed by atoms with Gasteiger partial charge in [-0.1, -0.05) is 43.7 Å². The van der Waals surface area contributed by atoms with Crippen molar-refractivity contribution in [1.29, 1.82) is 0 Å². The van der Waals surface area contributed by atoms with Gasteiger partial charge >= 0.3 is 0 Å². The Hall–Kier alpha value is -1.64. The summed E-state index contributed by atoms with van der Waals surface area (Å²) in [4.78, 5) is 25.2. The van der Waals surface area contributed by atoms with Crippen LogP contribution in [0.1, 0.15) is 25.0 Å². The zero-order valence-corrected chi connectivity index (χ0v) is 10.4. The van der Waals surface area contributed by atoms with Crippen LogP contribution >= 0.6 is 0 Å². The maximum absolute atomic E-state index is 11.9. The quantitative estimate of drug-likeness (QED) is 0.731. The van der Waals surface area contributed by atoms with E-state index in [-0.39, 0.29) is 23.7 Å². The van der Waals surface area contributed by atoms with Crippen LogP contribution in [-0.2, 0) is 16.1 Å². The fraction of sp³-hybridized carbons (Fsp3) is 0.429. The van der Waals surface area contributed by atoms with Gasteiger partial charge in [0.1, 0.15) is 0 Å². The van der Waals surface area contributed by atoms with E-state index in [1.165, 1.54) is 10.5 Å². The molecule has 0 aromatic heterocycles. The van der Waals surface area contributed by atoms with Crippen LogP contribution in [0.25, 0.3) is 0 Å². The van der Waals surface area contributed by atoms with Crippen LogP contribution in [0.3, 0.4) is 0 Å². The fourth-order valence-corrected chi connectivity index (χ4v) is 2.06. The second kappa shape index (κ2) is 4.32. The van der Waals surface area contributed by atoms with E-state index in [2.05, 4.69) is 0 Å². The normalized spacial score (nSPS) is 24.5. The van der Waals surface area contributed by atoms with Crippen LogP contribution in [0.15, 0.2) is 24.3 Å². The van der Waals surface area contributed by atoms with Crippen molar-refractivity contribution >= 4 is 11.8 Å². The number of benzene rings is 1. The number of likely N-dealkylation sites (tertiary alicyclic amines) is 1. The molecule has 0 aliphatic carbocycles. The first-order chi connectivity index (χ1) is 8.00. The van der Waals surface area contributed by atoms with Crippen molar-refractivity contribution < 1.29 is 9.59 Å². The molecule has 0 bridgehead atoms. The van der Waals surface area contributed by atoms with Gasteiger partial charge in [0.05, 0.1) is 6.54 Å². The Balaban J connectivity index is 2.17. The van der Waals surface area contributed by atoms with Gasteiger partial charge in [-0.15, -0.1) is 0 Å². The molecular weight excluding hydrogens is 214 g/mol. The van der Waals surface area contributed by atoms with Crippen molar-refractivity contribution in [3.05, 3.63) is 35.4 Å². The second-order valence-corrected chi connectivity index (χ2v) is 4.83. The third-order valence-corrected chi connectivity index (χ3v) is 3.52. The molecule has 1 aromatic carbocycles. The van der Waals surface area contributed by atoms with Gasteiger partial charge in [-0.25, -0.2) is 0 Å². The molecule has 3 heteroatoms. The Kier molecular flexibility index (Phi) is 3.01. The van der Waals surface area contributed by atoms with E-state index < -0.39 is 0 Å². The van der Waals surface area contributed by atoms with E-state index >= 15 is 0 Å². The summed E-state index contributed by atoms with van der Waals surface area (Å²) < 4.78 is 0. The molecule has 2 rings (SSSR count). The molecule has 0 saturated carbocycles. The molecule has 1 aromatic rings. The molecule has 2 amide bonds. The number of hydrogen-bond acceptors (Lipinski definition) is 2. The van der Waals surface area contributed by atoms with Crippen LogP contribution < -0.4 is 0 Å². The molecule has 90 valence electrons. The first kappa shape index (κ1) is 11.8. The second-order valence-electron chi connectivity index (χ2n) is 4.83. The van der Waals surface area contributed by atoms with Crippen LogP contribution in [0.5, 0.6) is 0 Å². The SMILES string of the molecule is Cc1ccc(CN2C(=O)C(C)C(C)C2=O)cc1. The van der Waals surface area contributed by atoms with E-state index in [0.717, 1.165) is 5.56 Å². The van der Waals surface area contributed by atoms with E-state index in [1.807, 2.05) is 45.0 Å². The summed E-state index contributed by atoms with van der Waals surface area (Å²) in [6.45, 7) is 6.05. The molecule has 1 fully saturated rings. The van der Waals surface area contributed by atoms with Crippen LogP contribution in [0.4, 0.5) is 0 Å². The number of hydrogen-bond donors (Lipinski definition) is 0. The Bertz CT molecular complexity index is 430. The lowest BCUT2D eigenvalue weighted by Gasteiger charge is -2.14.